The molecule has 1 atom stereocenters. The predicted octanol–water partition coefficient (Wildman–Crippen LogP) is 2.54. The van der Waals surface area contributed by atoms with E-state index in [2.05, 4.69) is 55.8 Å². The van der Waals surface area contributed by atoms with Crippen molar-refractivity contribution < 1.29 is 4.74 Å². The number of aromatic nitrogens is 2. The summed E-state index contributed by atoms with van der Waals surface area (Å²) in [6.45, 7) is 13.0. The number of likely N-dealkylation sites (N-methyl/N-ethyl adjacent to an activating group) is 1. The first-order valence-electron chi connectivity index (χ1n) is 7.03. The molecule has 1 aromatic rings. The summed E-state index contributed by atoms with van der Waals surface area (Å²) < 4.78 is 7.83. The lowest BCUT2D eigenvalue weighted by molar-refractivity contribution is 0.0597. The van der Waals surface area contributed by atoms with Gasteiger partial charge in [0.25, 0.3) is 0 Å². The summed E-state index contributed by atoms with van der Waals surface area (Å²) >= 11 is 0. The lowest BCUT2D eigenvalue weighted by Crippen LogP contribution is -2.28. The van der Waals surface area contributed by atoms with Crippen LogP contribution in [0.3, 0.4) is 0 Å². The number of rotatable bonds is 8. The van der Waals surface area contributed by atoms with Crippen molar-refractivity contribution in [2.45, 2.75) is 59.7 Å². The molecule has 4 heteroatoms. The van der Waals surface area contributed by atoms with E-state index in [1.807, 2.05) is 0 Å². The molecule has 0 fully saturated rings. The Morgan fingerprint density at radius 3 is 2.56 bits per heavy atom. The Kier molecular flexibility index (Phi) is 6.36. The Labute approximate surface area is 111 Å². The van der Waals surface area contributed by atoms with E-state index in [0.717, 1.165) is 25.2 Å². The van der Waals surface area contributed by atoms with Gasteiger partial charge in [-0.25, -0.2) is 0 Å². The van der Waals surface area contributed by atoms with Crippen LogP contribution in [0.1, 0.15) is 52.0 Å². The summed E-state index contributed by atoms with van der Waals surface area (Å²) in [6.07, 6.45) is 1.24. The van der Waals surface area contributed by atoms with Crippen LogP contribution in [0.4, 0.5) is 0 Å². The van der Waals surface area contributed by atoms with Gasteiger partial charge in [0.15, 0.2) is 0 Å². The van der Waals surface area contributed by atoms with Gasteiger partial charge in [-0.15, -0.1) is 0 Å². The molecule has 4 nitrogen and oxygen atoms in total. The molecule has 0 aliphatic heterocycles. The summed E-state index contributed by atoms with van der Waals surface area (Å²) in [4.78, 5) is 0. The number of nitrogens with one attached hydrogen (secondary N) is 1. The third kappa shape index (κ3) is 4.10. The molecule has 0 bridgehead atoms. The van der Waals surface area contributed by atoms with E-state index >= 15 is 0 Å². The summed E-state index contributed by atoms with van der Waals surface area (Å²) in [7, 11) is 0. The highest BCUT2D eigenvalue weighted by atomic mass is 16.5. The van der Waals surface area contributed by atoms with E-state index in [9.17, 15) is 0 Å². The van der Waals surface area contributed by atoms with Gasteiger partial charge in [0.1, 0.15) is 0 Å². The predicted molar refractivity (Wildman–Crippen MR) is 74.8 cm³/mol. The van der Waals surface area contributed by atoms with Crippen molar-refractivity contribution >= 4 is 0 Å². The van der Waals surface area contributed by atoms with Gasteiger partial charge in [0, 0.05) is 6.54 Å². The van der Waals surface area contributed by atoms with Gasteiger partial charge in [0.2, 0.25) is 0 Å². The number of hydrogen-bond donors (Lipinski definition) is 1. The van der Waals surface area contributed by atoms with E-state index in [4.69, 9.17) is 4.74 Å². The molecular formula is C14H27N3O. The zero-order valence-corrected chi connectivity index (χ0v) is 12.4. The van der Waals surface area contributed by atoms with Crippen LogP contribution in [0.15, 0.2) is 6.07 Å². The monoisotopic (exact) mass is 253 g/mol. The Morgan fingerprint density at radius 1 is 1.33 bits per heavy atom. The molecule has 0 spiro atoms. The molecule has 1 aromatic heterocycles. The molecule has 0 aliphatic rings. The first-order valence-corrected chi connectivity index (χ1v) is 7.03. The van der Waals surface area contributed by atoms with Gasteiger partial charge in [0.05, 0.1) is 30.1 Å². The summed E-state index contributed by atoms with van der Waals surface area (Å²) in [5, 5.41) is 8.08. The molecule has 1 rings (SSSR count). The van der Waals surface area contributed by atoms with Crippen LogP contribution in [0.25, 0.3) is 0 Å². The van der Waals surface area contributed by atoms with Crippen molar-refractivity contribution in [3.63, 3.8) is 0 Å². The number of ether oxygens (including phenoxy) is 1. The highest BCUT2D eigenvalue weighted by Crippen LogP contribution is 2.16. The van der Waals surface area contributed by atoms with Crippen LogP contribution in [0.2, 0.25) is 0 Å². The zero-order chi connectivity index (χ0) is 13.5. The third-order valence-electron chi connectivity index (χ3n) is 2.93. The van der Waals surface area contributed by atoms with Crippen molar-refractivity contribution in [1.82, 2.24) is 15.1 Å². The van der Waals surface area contributed by atoms with Gasteiger partial charge in [-0.3, -0.25) is 4.68 Å². The summed E-state index contributed by atoms with van der Waals surface area (Å²) in [5.41, 5.74) is 2.39. The van der Waals surface area contributed by atoms with Crippen LogP contribution in [-0.4, -0.2) is 29.0 Å². The minimum absolute atomic E-state index is 0.227. The fourth-order valence-electron chi connectivity index (χ4n) is 1.98. The Morgan fingerprint density at radius 2 is 2.06 bits per heavy atom. The van der Waals surface area contributed by atoms with Crippen LogP contribution >= 0.6 is 0 Å². The van der Waals surface area contributed by atoms with E-state index in [1.165, 1.54) is 5.69 Å². The van der Waals surface area contributed by atoms with Crippen molar-refractivity contribution in [2.75, 3.05) is 13.2 Å². The summed E-state index contributed by atoms with van der Waals surface area (Å²) in [6, 6.07) is 2.42. The zero-order valence-electron chi connectivity index (χ0n) is 12.4. The second kappa shape index (κ2) is 7.54. The molecule has 18 heavy (non-hydrogen) atoms. The maximum atomic E-state index is 5.75. The first-order chi connectivity index (χ1) is 8.62. The SMILES string of the molecule is CCNC(COC(C)C)c1cc(CC)nn1CC. The van der Waals surface area contributed by atoms with Gasteiger partial charge < -0.3 is 10.1 Å². The fourth-order valence-corrected chi connectivity index (χ4v) is 1.98. The molecule has 104 valence electrons. The molecule has 0 radical (unpaired) electrons. The number of hydrogen-bond acceptors (Lipinski definition) is 3. The average molecular weight is 253 g/mol. The highest BCUT2D eigenvalue weighted by Gasteiger charge is 2.17. The highest BCUT2D eigenvalue weighted by molar-refractivity contribution is 5.14. The van der Waals surface area contributed by atoms with Crippen molar-refractivity contribution in [3.05, 3.63) is 17.5 Å². The lowest BCUT2D eigenvalue weighted by Gasteiger charge is -2.20. The Balaban J connectivity index is 2.85. The molecule has 0 aliphatic carbocycles. The molecule has 1 unspecified atom stereocenters. The van der Waals surface area contributed by atoms with Gasteiger partial charge >= 0.3 is 0 Å². The minimum atomic E-state index is 0.227. The maximum Gasteiger partial charge on any atom is 0.0729 e. The van der Waals surface area contributed by atoms with Crippen LogP contribution in [0, 0.1) is 0 Å². The van der Waals surface area contributed by atoms with Crippen LogP contribution in [-0.2, 0) is 17.7 Å². The average Bonchev–Trinajstić information content (AvgIpc) is 2.77. The van der Waals surface area contributed by atoms with E-state index < -0.39 is 0 Å². The molecule has 1 N–H and O–H groups in total. The van der Waals surface area contributed by atoms with Crippen molar-refractivity contribution in [2.24, 2.45) is 0 Å². The van der Waals surface area contributed by atoms with Gasteiger partial charge in [-0.1, -0.05) is 13.8 Å². The Hall–Kier alpha value is -0.870. The van der Waals surface area contributed by atoms with Crippen LogP contribution < -0.4 is 5.32 Å². The first kappa shape index (κ1) is 15.2. The van der Waals surface area contributed by atoms with E-state index in [1.54, 1.807) is 0 Å². The quantitative estimate of drug-likeness (QED) is 0.774. The maximum absolute atomic E-state index is 5.75. The van der Waals surface area contributed by atoms with Crippen molar-refractivity contribution in [3.8, 4) is 0 Å². The topological polar surface area (TPSA) is 39.1 Å². The molecule has 0 aromatic carbocycles. The molecule has 0 saturated heterocycles. The molecular weight excluding hydrogens is 226 g/mol. The smallest absolute Gasteiger partial charge is 0.0729 e. The largest absolute Gasteiger partial charge is 0.377 e. The van der Waals surface area contributed by atoms with Gasteiger partial charge in [-0.05, 0) is 39.8 Å². The Bertz CT molecular complexity index is 347. The normalized spacial score (nSPS) is 13.2. The summed E-state index contributed by atoms with van der Waals surface area (Å²) in [5.74, 6) is 0. The number of nitrogens with zero attached hydrogens (tertiary/aromatic N) is 2. The molecule has 0 saturated carbocycles. The standard InChI is InChI=1S/C14H27N3O/c1-6-12-9-14(17(8-3)16-12)13(15-7-2)10-18-11(4)5/h9,11,13,15H,6-8,10H2,1-5H3. The van der Waals surface area contributed by atoms with E-state index in [-0.39, 0.29) is 12.1 Å². The van der Waals surface area contributed by atoms with E-state index in [0.29, 0.717) is 6.61 Å². The second-order valence-corrected chi connectivity index (χ2v) is 4.72. The second-order valence-electron chi connectivity index (χ2n) is 4.72. The fraction of sp³-hybridized carbons (Fsp3) is 0.786. The van der Waals surface area contributed by atoms with Gasteiger partial charge in [-0.2, -0.15) is 5.10 Å². The van der Waals surface area contributed by atoms with Crippen LogP contribution in [0.5, 0.6) is 0 Å². The third-order valence-corrected chi connectivity index (χ3v) is 2.93. The number of aryl methyl sites for hydroxylation is 2. The minimum Gasteiger partial charge on any atom is -0.377 e. The molecule has 1 heterocycles. The van der Waals surface area contributed by atoms with Crippen molar-refractivity contribution in [1.29, 1.82) is 0 Å². The lowest BCUT2D eigenvalue weighted by atomic mass is 10.2. The molecule has 0 amide bonds.